The highest BCUT2D eigenvalue weighted by Crippen LogP contribution is 2.40. The van der Waals surface area contributed by atoms with Gasteiger partial charge in [-0.25, -0.2) is 0 Å². The molecule has 0 aliphatic rings. The molecule has 0 spiro atoms. The fourth-order valence-electron chi connectivity index (χ4n) is 1.41. The molecule has 0 aliphatic heterocycles. The van der Waals surface area contributed by atoms with Crippen LogP contribution in [-0.4, -0.2) is 31.6 Å². The minimum atomic E-state index is -4.76. The van der Waals surface area contributed by atoms with Crippen molar-refractivity contribution in [2.24, 2.45) is 0 Å². The highest BCUT2D eigenvalue weighted by Gasteiger charge is 2.36. The number of aromatic hydroxyl groups is 1. The number of carbonyl (C=O) groups excluding carboxylic acids is 1. The monoisotopic (exact) mass is 263 g/mol. The van der Waals surface area contributed by atoms with E-state index in [0.29, 0.717) is 6.07 Å². The maximum atomic E-state index is 12.7. The number of likely N-dealkylation sites (N-methyl/N-ethyl adjacent to an activating group) is 1. The average molecular weight is 263 g/mol. The minimum absolute atomic E-state index is 0.139. The maximum absolute atomic E-state index is 12.7. The van der Waals surface area contributed by atoms with E-state index in [-0.39, 0.29) is 12.3 Å². The number of methoxy groups -OCH3 is 1. The Balaban J connectivity index is 3.39. The van der Waals surface area contributed by atoms with Gasteiger partial charge in [0.05, 0.1) is 19.2 Å². The number of halogens is 3. The molecule has 0 aromatic heterocycles. The van der Waals surface area contributed by atoms with Gasteiger partial charge in [-0.15, -0.1) is 0 Å². The molecule has 0 amide bonds. The van der Waals surface area contributed by atoms with Gasteiger partial charge >= 0.3 is 6.18 Å². The number of rotatable bonds is 4. The lowest BCUT2D eigenvalue weighted by atomic mass is 10.0. The molecule has 2 N–H and O–H groups in total. The third kappa shape index (κ3) is 2.92. The Hall–Kier alpha value is -1.76. The van der Waals surface area contributed by atoms with E-state index in [1.807, 2.05) is 0 Å². The van der Waals surface area contributed by atoms with Crippen molar-refractivity contribution in [1.82, 2.24) is 5.32 Å². The number of phenols is 1. The Morgan fingerprint density at radius 2 is 2.06 bits per heavy atom. The van der Waals surface area contributed by atoms with E-state index in [1.165, 1.54) is 14.2 Å². The molecular formula is C11H12F3NO3. The van der Waals surface area contributed by atoms with Crippen LogP contribution in [0.2, 0.25) is 0 Å². The zero-order chi connectivity index (χ0) is 13.9. The van der Waals surface area contributed by atoms with Gasteiger partial charge in [-0.1, -0.05) is 0 Å². The number of alkyl halides is 3. The number of Topliss-reactive ketones (excluding diaryl/α,β-unsaturated/α-hetero) is 1. The number of benzene rings is 1. The van der Waals surface area contributed by atoms with Crippen molar-refractivity contribution in [2.45, 2.75) is 6.18 Å². The summed E-state index contributed by atoms with van der Waals surface area (Å²) < 4.78 is 42.6. The first kappa shape index (κ1) is 14.3. The zero-order valence-corrected chi connectivity index (χ0v) is 9.76. The Bertz CT molecular complexity index is 458. The molecule has 100 valence electrons. The Morgan fingerprint density at radius 1 is 1.44 bits per heavy atom. The number of carbonyl (C=O) groups is 1. The lowest BCUT2D eigenvalue weighted by Gasteiger charge is -2.14. The first-order valence-electron chi connectivity index (χ1n) is 4.97. The molecule has 0 saturated heterocycles. The molecule has 0 aliphatic carbocycles. The second kappa shape index (κ2) is 5.26. The van der Waals surface area contributed by atoms with Crippen LogP contribution in [0.3, 0.4) is 0 Å². The molecule has 0 heterocycles. The molecule has 18 heavy (non-hydrogen) atoms. The van der Waals surface area contributed by atoms with E-state index in [2.05, 4.69) is 5.32 Å². The molecule has 1 aromatic carbocycles. The van der Waals surface area contributed by atoms with Crippen LogP contribution in [0, 0.1) is 0 Å². The number of hydrogen-bond acceptors (Lipinski definition) is 4. The van der Waals surface area contributed by atoms with Gasteiger partial charge in [0.15, 0.2) is 5.78 Å². The topological polar surface area (TPSA) is 58.6 Å². The van der Waals surface area contributed by atoms with E-state index in [4.69, 9.17) is 4.74 Å². The van der Waals surface area contributed by atoms with E-state index >= 15 is 0 Å². The van der Waals surface area contributed by atoms with Gasteiger partial charge in [0.2, 0.25) is 0 Å². The Morgan fingerprint density at radius 3 is 2.50 bits per heavy atom. The lowest BCUT2D eigenvalue weighted by Crippen LogP contribution is -2.19. The molecule has 4 nitrogen and oxygen atoms in total. The van der Waals surface area contributed by atoms with Gasteiger partial charge in [0, 0.05) is 0 Å². The van der Waals surface area contributed by atoms with Crippen molar-refractivity contribution in [2.75, 3.05) is 20.7 Å². The summed E-state index contributed by atoms with van der Waals surface area (Å²) in [6.45, 7) is -0.183. The van der Waals surface area contributed by atoms with Crippen LogP contribution in [0.1, 0.15) is 15.9 Å². The van der Waals surface area contributed by atoms with Gasteiger partial charge in [0.25, 0.3) is 0 Å². The van der Waals surface area contributed by atoms with Gasteiger partial charge in [-0.3, -0.25) is 4.79 Å². The number of ketones is 1. The summed E-state index contributed by atoms with van der Waals surface area (Å²) in [6.07, 6.45) is -4.76. The fourth-order valence-corrected chi connectivity index (χ4v) is 1.41. The zero-order valence-electron chi connectivity index (χ0n) is 9.76. The largest absolute Gasteiger partial charge is 0.507 e. The predicted octanol–water partition coefficient (Wildman–Crippen LogP) is 1.82. The Labute approximate surface area is 101 Å². The number of hydrogen-bond donors (Lipinski definition) is 2. The van der Waals surface area contributed by atoms with Crippen molar-refractivity contribution in [1.29, 1.82) is 0 Å². The molecular weight excluding hydrogens is 251 g/mol. The highest BCUT2D eigenvalue weighted by atomic mass is 19.4. The van der Waals surface area contributed by atoms with Crippen molar-refractivity contribution in [3.8, 4) is 11.5 Å². The smallest absolute Gasteiger partial charge is 0.420 e. The van der Waals surface area contributed by atoms with Crippen molar-refractivity contribution in [3.63, 3.8) is 0 Å². The first-order valence-corrected chi connectivity index (χ1v) is 4.97. The summed E-state index contributed by atoms with van der Waals surface area (Å²) in [7, 11) is 2.65. The van der Waals surface area contributed by atoms with Crippen LogP contribution in [0.5, 0.6) is 11.5 Å². The van der Waals surface area contributed by atoms with Crippen molar-refractivity contribution >= 4 is 5.78 Å². The molecule has 7 heteroatoms. The van der Waals surface area contributed by atoms with Crippen LogP contribution >= 0.6 is 0 Å². The molecule has 0 unspecified atom stereocenters. The van der Waals surface area contributed by atoms with Crippen LogP contribution in [0.4, 0.5) is 13.2 Å². The summed E-state index contributed by atoms with van der Waals surface area (Å²) in [6, 6.07) is 1.72. The second-order valence-electron chi connectivity index (χ2n) is 3.52. The van der Waals surface area contributed by atoms with Crippen molar-refractivity contribution < 1.29 is 27.8 Å². The third-order valence-electron chi connectivity index (χ3n) is 2.26. The van der Waals surface area contributed by atoms with Crippen LogP contribution in [0.15, 0.2) is 12.1 Å². The van der Waals surface area contributed by atoms with Crippen LogP contribution in [0.25, 0.3) is 0 Å². The molecule has 0 bridgehead atoms. The molecule has 0 saturated carbocycles. The normalized spacial score (nSPS) is 11.4. The molecule has 0 atom stereocenters. The van der Waals surface area contributed by atoms with E-state index in [1.54, 1.807) is 0 Å². The lowest BCUT2D eigenvalue weighted by molar-refractivity contribution is -0.138. The molecule has 0 fully saturated rings. The van der Waals surface area contributed by atoms with Gasteiger partial charge in [-0.2, -0.15) is 13.2 Å². The van der Waals surface area contributed by atoms with Gasteiger partial charge in [-0.05, 0) is 19.2 Å². The van der Waals surface area contributed by atoms with Crippen LogP contribution in [-0.2, 0) is 6.18 Å². The second-order valence-corrected chi connectivity index (χ2v) is 3.52. The quantitative estimate of drug-likeness (QED) is 0.813. The molecule has 1 rings (SSSR count). The van der Waals surface area contributed by atoms with E-state index in [0.717, 1.165) is 6.07 Å². The van der Waals surface area contributed by atoms with Crippen molar-refractivity contribution in [3.05, 3.63) is 23.3 Å². The van der Waals surface area contributed by atoms with Gasteiger partial charge < -0.3 is 15.2 Å². The third-order valence-corrected chi connectivity index (χ3v) is 2.26. The van der Waals surface area contributed by atoms with E-state index in [9.17, 15) is 23.1 Å². The summed E-state index contributed by atoms with van der Waals surface area (Å²) in [4.78, 5) is 11.6. The maximum Gasteiger partial charge on any atom is 0.420 e. The average Bonchev–Trinajstić information content (AvgIpc) is 2.28. The number of phenolic OH excluding ortho intramolecular Hbond substituents is 1. The minimum Gasteiger partial charge on any atom is -0.507 e. The summed E-state index contributed by atoms with van der Waals surface area (Å²) in [5, 5.41) is 12.0. The Kier molecular flexibility index (Phi) is 4.18. The molecule has 1 aromatic rings. The fraction of sp³-hybridized carbons (Fsp3) is 0.364. The highest BCUT2D eigenvalue weighted by molar-refractivity contribution is 6.00. The summed E-state index contributed by atoms with van der Waals surface area (Å²) in [5.41, 5.74) is -1.71. The predicted molar refractivity (Wildman–Crippen MR) is 57.9 cm³/mol. The number of nitrogens with one attached hydrogen (secondary N) is 1. The van der Waals surface area contributed by atoms with Crippen LogP contribution < -0.4 is 10.1 Å². The van der Waals surface area contributed by atoms with E-state index < -0.39 is 28.8 Å². The summed E-state index contributed by atoms with van der Waals surface area (Å²) >= 11 is 0. The molecule has 0 radical (unpaired) electrons. The SMILES string of the molecule is CNCC(=O)c1cc(OC)cc(C(F)(F)F)c1O. The first-order chi connectivity index (χ1) is 8.31. The summed E-state index contributed by atoms with van der Waals surface area (Å²) in [5.74, 6) is -1.87. The standard InChI is InChI=1S/C11H12F3NO3/c1-15-5-9(16)7-3-6(18-2)4-8(10(7)17)11(12,13)14/h3-4,15,17H,5H2,1-2H3. The van der Waals surface area contributed by atoms with Gasteiger partial charge in [0.1, 0.15) is 17.1 Å². The number of ether oxygens (including phenoxy) is 1.